The van der Waals surface area contributed by atoms with Gasteiger partial charge in [0.15, 0.2) is 0 Å². The number of benzene rings is 2. The molecule has 2 rings (SSSR count). The minimum atomic E-state index is -0.250. The van der Waals surface area contributed by atoms with Crippen LogP contribution in [0.15, 0.2) is 42.5 Å². The van der Waals surface area contributed by atoms with E-state index in [1.54, 1.807) is 19.2 Å². The maximum atomic E-state index is 13.6. The second-order valence-electron chi connectivity index (χ2n) is 4.61. The Hall–Kier alpha value is -1.58. The smallest absolute Gasteiger partial charge is 0.127 e. The van der Waals surface area contributed by atoms with Crippen molar-refractivity contribution in [1.82, 2.24) is 5.32 Å². The van der Waals surface area contributed by atoms with Crippen LogP contribution in [0.5, 0.6) is 5.75 Å². The number of halogens is 2. The lowest BCUT2D eigenvalue weighted by atomic mass is 10.1. The third kappa shape index (κ3) is 3.71. The maximum Gasteiger partial charge on any atom is 0.127 e. The van der Waals surface area contributed by atoms with E-state index >= 15 is 0 Å². The molecule has 0 spiro atoms. The minimum Gasteiger partial charge on any atom is -0.497 e. The summed E-state index contributed by atoms with van der Waals surface area (Å²) in [7, 11) is 1.64. The first kappa shape index (κ1) is 14.8. The average molecular weight is 294 g/mol. The summed E-state index contributed by atoms with van der Waals surface area (Å²) >= 11 is 5.88. The Kier molecular flexibility index (Phi) is 4.99. The molecule has 0 amide bonds. The number of rotatable bonds is 5. The van der Waals surface area contributed by atoms with E-state index in [0.29, 0.717) is 17.1 Å². The fourth-order valence-electron chi connectivity index (χ4n) is 1.97. The molecule has 0 saturated heterocycles. The number of methoxy groups -OCH3 is 1. The van der Waals surface area contributed by atoms with E-state index in [0.717, 1.165) is 11.3 Å². The van der Waals surface area contributed by atoms with E-state index in [1.165, 1.54) is 6.07 Å². The Morgan fingerprint density at radius 3 is 2.80 bits per heavy atom. The number of ether oxygens (including phenoxy) is 1. The van der Waals surface area contributed by atoms with E-state index in [9.17, 15) is 4.39 Å². The first-order valence-corrected chi connectivity index (χ1v) is 6.79. The van der Waals surface area contributed by atoms with Crippen LogP contribution < -0.4 is 10.1 Å². The van der Waals surface area contributed by atoms with Gasteiger partial charge in [0.05, 0.1) is 7.11 Å². The molecule has 0 aliphatic carbocycles. The van der Waals surface area contributed by atoms with Crippen molar-refractivity contribution in [2.24, 2.45) is 0 Å². The van der Waals surface area contributed by atoms with Gasteiger partial charge in [-0.2, -0.15) is 0 Å². The fourth-order valence-corrected chi connectivity index (χ4v) is 2.17. The predicted octanol–water partition coefficient (Wildman–Crippen LogP) is 4.34. The van der Waals surface area contributed by atoms with Gasteiger partial charge in [-0.1, -0.05) is 23.7 Å². The molecule has 0 aliphatic rings. The van der Waals surface area contributed by atoms with Crippen LogP contribution >= 0.6 is 11.6 Å². The van der Waals surface area contributed by atoms with Gasteiger partial charge in [0.2, 0.25) is 0 Å². The molecule has 2 aromatic carbocycles. The van der Waals surface area contributed by atoms with Gasteiger partial charge in [0.1, 0.15) is 11.6 Å². The quantitative estimate of drug-likeness (QED) is 0.885. The molecule has 1 atom stereocenters. The molecule has 0 aromatic heterocycles. The zero-order chi connectivity index (χ0) is 14.5. The molecular weight excluding hydrogens is 277 g/mol. The van der Waals surface area contributed by atoms with Crippen molar-refractivity contribution < 1.29 is 9.13 Å². The first-order valence-electron chi connectivity index (χ1n) is 6.41. The Bertz CT molecular complexity index is 588. The molecule has 1 unspecified atom stereocenters. The first-order chi connectivity index (χ1) is 9.60. The summed E-state index contributed by atoms with van der Waals surface area (Å²) < 4.78 is 18.8. The molecule has 4 heteroatoms. The molecule has 0 radical (unpaired) electrons. The van der Waals surface area contributed by atoms with Crippen LogP contribution in [0.4, 0.5) is 4.39 Å². The van der Waals surface area contributed by atoms with Gasteiger partial charge in [-0.3, -0.25) is 0 Å². The SMILES string of the molecule is COc1cccc(C(C)NCc2cc(Cl)ccc2F)c1. The molecule has 20 heavy (non-hydrogen) atoms. The summed E-state index contributed by atoms with van der Waals surface area (Å²) in [6.07, 6.45) is 0. The highest BCUT2D eigenvalue weighted by molar-refractivity contribution is 6.30. The summed E-state index contributed by atoms with van der Waals surface area (Å²) in [6, 6.07) is 12.5. The Morgan fingerprint density at radius 2 is 2.05 bits per heavy atom. The van der Waals surface area contributed by atoms with E-state index < -0.39 is 0 Å². The fraction of sp³-hybridized carbons (Fsp3) is 0.250. The van der Waals surface area contributed by atoms with Crippen LogP contribution in [0.1, 0.15) is 24.1 Å². The summed E-state index contributed by atoms with van der Waals surface area (Å²) in [6.45, 7) is 2.45. The van der Waals surface area contributed by atoms with Gasteiger partial charge in [0.25, 0.3) is 0 Å². The van der Waals surface area contributed by atoms with Gasteiger partial charge in [0, 0.05) is 23.2 Å². The van der Waals surface area contributed by atoms with Gasteiger partial charge in [-0.25, -0.2) is 4.39 Å². The molecule has 0 heterocycles. The van der Waals surface area contributed by atoms with Crippen molar-refractivity contribution in [1.29, 1.82) is 0 Å². The van der Waals surface area contributed by atoms with Crippen molar-refractivity contribution >= 4 is 11.6 Å². The molecule has 0 bridgehead atoms. The molecule has 106 valence electrons. The number of hydrogen-bond donors (Lipinski definition) is 1. The van der Waals surface area contributed by atoms with Crippen LogP contribution in [-0.4, -0.2) is 7.11 Å². The third-order valence-electron chi connectivity index (χ3n) is 3.20. The summed E-state index contributed by atoms with van der Waals surface area (Å²) in [5.74, 6) is 0.560. The molecule has 1 N–H and O–H groups in total. The predicted molar refractivity (Wildman–Crippen MR) is 79.7 cm³/mol. The number of nitrogens with one attached hydrogen (secondary N) is 1. The molecular formula is C16H17ClFNO. The van der Waals surface area contributed by atoms with Gasteiger partial charge < -0.3 is 10.1 Å². The third-order valence-corrected chi connectivity index (χ3v) is 3.44. The second-order valence-corrected chi connectivity index (χ2v) is 5.05. The Morgan fingerprint density at radius 1 is 1.25 bits per heavy atom. The van der Waals surface area contributed by atoms with Gasteiger partial charge >= 0.3 is 0 Å². The van der Waals surface area contributed by atoms with Crippen molar-refractivity contribution in [3.05, 3.63) is 64.4 Å². The van der Waals surface area contributed by atoms with Crippen molar-refractivity contribution in [2.45, 2.75) is 19.5 Å². The topological polar surface area (TPSA) is 21.3 Å². The van der Waals surface area contributed by atoms with E-state index in [2.05, 4.69) is 5.32 Å². The lowest BCUT2D eigenvalue weighted by molar-refractivity contribution is 0.413. The monoisotopic (exact) mass is 293 g/mol. The molecule has 0 fully saturated rings. The van der Waals surface area contributed by atoms with Crippen LogP contribution in [0.2, 0.25) is 5.02 Å². The molecule has 2 nitrogen and oxygen atoms in total. The molecule has 2 aromatic rings. The molecule has 0 aliphatic heterocycles. The highest BCUT2D eigenvalue weighted by Gasteiger charge is 2.08. The van der Waals surface area contributed by atoms with Crippen molar-refractivity contribution in [2.75, 3.05) is 7.11 Å². The average Bonchev–Trinajstić information content (AvgIpc) is 2.48. The van der Waals surface area contributed by atoms with Crippen molar-refractivity contribution in [3.8, 4) is 5.75 Å². The highest BCUT2D eigenvalue weighted by Crippen LogP contribution is 2.20. The zero-order valence-corrected chi connectivity index (χ0v) is 12.2. The van der Waals surface area contributed by atoms with Gasteiger partial charge in [-0.15, -0.1) is 0 Å². The van der Waals surface area contributed by atoms with Crippen LogP contribution in [0.25, 0.3) is 0 Å². The largest absolute Gasteiger partial charge is 0.497 e. The summed E-state index contributed by atoms with van der Waals surface area (Å²) in [4.78, 5) is 0. The van der Waals surface area contributed by atoms with Crippen LogP contribution in [0.3, 0.4) is 0 Å². The lowest BCUT2D eigenvalue weighted by Crippen LogP contribution is -2.18. The van der Waals surface area contributed by atoms with E-state index in [-0.39, 0.29) is 11.9 Å². The second kappa shape index (κ2) is 6.73. The standard InChI is InChI=1S/C16H17ClFNO/c1-11(12-4-3-5-15(9-12)20-2)19-10-13-8-14(17)6-7-16(13)18/h3-9,11,19H,10H2,1-2H3. The number of hydrogen-bond acceptors (Lipinski definition) is 2. The zero-order valence-electron chi connectivity index (χ0n) is 11.5. The Balaban J connectivity index is 2.04. The lowest BCUT2D eigenvalue weighted by Gasteiger charge is -2.15. The maximum absolute atomic E-state index is 13.6. The molecule has 0 saturated carbocycles. The van der Waals surface area contributed by atoms with E-state index in [1.807, 2.05) is 31.2 Å². The normalized spacial score (nSPS) is 12.2. The van der Waals surface area contributed by atoms with Crippen molar-refractivity contribution in [3.63, 3.8) is 0 Å². The van der Waals surface area contributed by atoms with Crippen LogP contribution in [0, 0.1) is 5.82 Å². The van der Waals surface area contributed by atoms with Crippen LogP contribution in [-0.2, 0) is 6.54 Å². The minimum absolute atomic E-state index is 0.0866. The summed E-state index contributed by atoms with van der Waals surface area (Å²) in [5.41, 5.74) is 1.65. The Labute approximate surface area is 123 Å². The highest BCUT2D eigenvalue weighted by atomic mass is 35.5. The van der Waals surface area contributed by atoms with Gasteiger partial charge in [-0.05, 0) is 42.8 Å². The summed E-state index contributed by atoms with van der Waals surface area (Å²) in [5, 5.41) is 3.82. The van der Waals surface area contributed by atoms with E-state index in [4.69, 9.17) is 16.3 Å².